The number of halogens is 2. The van der Waals surface area contributed by atoms with E-state index < -0.39 is 29.3 Å². The van der Waals surface area contributed by atoms with Gasteiger partial charge in [0, 0.05) is 32.4 Å². The van der Waals surface area contributed by atoms with Crippen molar-refractivity contribution in [3.63, 3.8) is 0 Å². The van der Waals surface area contributed by atoms with Crippen LogP contribution in [0, 0.1) is 5.41 Å². The number of carboxylic acids is 1. The molecule has 0 spiro atoms. The van der Waals surface area contributed by atoms with Crippen LogP contribution in [0.3, 0.4) is 0 Å². The van der Waals surface area contributed by atoms with Crippen molar-refractivity contribution >= 4 is 17.7 Å². The monoisotopic (exact) mass is 481 g/mol. The van der Waals surface area contributed by atoms with Crippen LogP contribution in [0.25, 0.3) is 0 Å². The number of carbonyl (C=O) groups is 2. The first kappa shape index (κ1) is 26.3. The first-order valence-corrected chi connectivity index (χ1v) is 12.4. The molecule has 3 heterocycles. The number of carbonyl (C=O) groups excluding carboxylic acids is 1. The van der Waals surface area contributed by atoms with E-state index in [1.165, 1.54) is 5.56 Å². The van der Waals surface area contributed by atoms with Gasteiger partial charge in [-0.05, 0) is 56.6 Å². The van der Waals surface area contributed by atoms with Gasteiger partial charge in [-0.25, -0.2) is 18.6 Å². The molecule has 34 heavy (non-hydrogen) atoms. The third-order valence-electron chi connectivity index (χ3n) is 7.10. The minimum atomic E-state index is -3.26. The van der Waals surface area contributed by atoms with Crippen LogP contribution in [0.15, 0.2) is 12.1 Å². The number of unbranched alkanes of at least 4 members (excludes halogenated alkanes) is 4. The van der Waals surface area contributed by atoms with Crippen molar-refractivity contribution < 1.29 is 28.2 Å². The Morgan fingerprint density at radius 2 is 1.91 bits per heavy atom. The standard InChI is InChI=1S/C25H37F2N3O4/c1-24(26,27)25(13-16-34-17-14-25)23(33)30-20(22(31)32)10-6-4-2-3-5-9-19-12-11-18-8-7-15-28-21(18)29-19/h11-12,20H,2-10,13-17H2,1H3,(H,28,29)(H,30,33)(H,31,32)/t20-/m0/s1. The number of fused-ring (bicyclic) bond motifs is 1. The van der Waals surface area contributed by atoms with E-state index in [9.17, 15) is 23.5 Å². The van der Waals surface area contributed by atoms with Gasteiger partial charge in [0.25, 0.3) is 5.92 Å². The predicted molar refractivity (Wildman–Crippen MR) is 125 cm³/mol. The summed E-state index contributed by atoms with van der Waals surface area (Å²) in [5, 5.41) is 15.3. The van der Waals surface area contributed by atoms with Crippen LogP contribution in [0.1, 0.15) is 76.0 Å². The molecule has 7 nitrogen and oxygen atoms in total. The van der Waals surface area contributed by atoms with Gasteiger partial charge in [-0.1, -0.05) is 31.7 Å². The average Bonchev–Trinajstić information content (AvgIpc) is 2.82. The first-order valence-electron chi connectivity index (χ1n) is 12.4. The molecule has 1 aromatic heterocycles. The van der Waals surface area contributed by atoms with Crippen LogP contribution in [-0.4, -0.2) is 53.7 Å². The molecule has 0 radical (unpaired) electrons. The Bertz CT molecular complexity index is 838. The summed E-state index contributed by atoms with van der Waals surface area (Å²) in [6.07, 6.45) is 7.47. The third kappa shape index (κ3) is 6.64. The van der Waals surface area contributed by atoms with Gasteiger partial charge in [0.2, 0.25) is 5.91 Å². The Balaban J connectivity index is 1.38. The topological polar surface area (TPSA) is 101 Å². The summed E-state index contributed by atoms with van der Waals surface area (Å²) in [6.45, 7) is 1.82. The van der Waals surface area contributed by atoms with Crippen molar-refractivity contribution in [1.29, 1.82) is 0 Å². The van der Waals surface area contributed by atoms with Gasteiger partial charge in [0.1, 0.15) is 17.3 Å². The molecule has 2 aliphatic rings. The highest BCUT2D eigenvalue weighted by molar-refractivity contribution is 5.88. The smallest absolute Gasteiger partial charge is 0.326 e. The van der Waals surface area contributed by atoms with Crippen molar-refractivity contribution in [3.8, 4) is 0 Å². The molecule has 0 saturated carbocycles. The molecule has 3 rings (SSSR count). The molecule has 0 bridgehead atoms. The number of amides is 1. The van der Waals surface area contributed by atoms with Crippen LogP contribution in [0.4, 0.5) is 14.6 Å². The number of alkyl halides is 2. The molecule has 3 N–H and O–H groups in total. The summed E-state index contributed by atoms with van der Waals surface area (Å²) in [5.74, 6) is -4.33. The number of carboxylic acid groups (broad SMARTS) is 1. The maximum atomic E-state index is 14.3. The Hall–Kier alpha value is -2.29. The molecule has 9 heteroatoms. The number of rotatable bonds is 12. The van der Waals surface area contributed by atoms with Crippen molar-refractivity contribution in [1.82, 2.24) is 10.3 Å². The van der Waals surface area contributed by atoms with E-state index in [1.54, 1.807) is 0 Å². The quantitative estimate of drug-likeness (QED) is 0.384. The summed E-state index contributed by atoms with van der Waals surface area (Å²) in [6, 6.07) is 3.09. The second-order valence-corrected chi connectivity index (χ2v) is 9.59. The largest absolute Gasteiger partial charge is 0.480 e. The summed E-state index contributed by atoms with van der Waals surface area (Å²) in [5.41, 5.74) is 0.441. The summed E-state index contributed by atoms with van der Waals surface area (Å²) >= 11 is 0. The second kappa shape index (κ2) is 11.9. The van der Waals surface area contributed by atoms with Gasteiger partial charge in [0.05, 0.1) is 0 Å². The van der Waals surface area contributed by atoms with E-state index >= 15 is 0 Å². The van der Waals surface area contributed by atoms with Crippen molar-refractivity contribution in [3.05, 3.63) is 23.4 Å². The minimum absolute atomic E-state index is 0.0616. The molecule has 1 aromatic rings. The first-order chi connectivity index (χ1) is 16.2. The maximum Gasteiger partial charge on any atom is 0.326 e. The lowest BCUT2D eigenvalue weighted by atomic mass is 9.74. The van der Waals surface area contributed by atoms with Gasteiger partial charge in [-0.15, -0.1) is 0 Å². The lowest BCUT2D eigenvalue weighted by Gasteiger charge is -2.40. The van der Waals surface area contributed by atoms with Crippen LogP contribution in [-0.2, 0) is 27.2 Å². The number of aryl methyl sites for hydroxylation is 2. The fourth-order valence-electron chi connectivity index (χ4n) is 4.83. The summed E-state index contributed by atoms with van der Waals surface area (Å²) < 4.78 is 33.8. The summed E-state index contributed by atoms with van der Waals surface area (Å²) in [4.78, 5) is 29.1. The fraction of sp³-hybridized carbons (Fsp3) is 0.720. The number of anilines is 1. The Morgan fingerprint density at radius 3 is 2.62 bits per heavy atom. The van der Waals surface area contributed by atoms with Crippen molar-refractivity contribution in [2.75, 3.05) is 25.1 Å². The Morgan fingerprint density at radius 1 is 1.21 bits per heavy atom. The zero-order chi connectivity index (χ0) is 24.6. The normalized spacial score (nSPS) is 18.4. The SMILES string of the molecule is CC(F)(F)C1(C(=O)N[C@@H](CCCCCCCc2ccc3c(n2)NCCC3)C(=O)O)CCOCC1. The number of pyridine rings is 1. The highest BCUT2D eigenvalue weighted by Gasteiger charge is 2.56. The van der Waals surface area contributed by atoms with Gasteiger partial charge >= 0.3 is 5.97 Å². The van der Waals surface area contributed by atoms with E-state index in [2.05, 4.69) is 22.8 Å². The van der Waals surface area contributed by atoms with Crippen LogP contribution >= 0.6 is 0 Å². The lowest BCUT2D eigenvalue weighted by Crippen LogP contribution is -2.57. The molecule has 2 aliphatic heterocycles. The zero-order valence-corrected chi connectivity index (χ0v) is 20.0. The Labute approximate surface area is 200 Å². The van der Waals surface area contributed by atoms with Crippen molar-refractivity contribution in [2.45, 2.75) is 89.5 Å². The maximum absolute atomic E-state index is 14.3. The second-order valence-electron chi connectivity index (χ2n) is 9.59. The lowest BCUT2D eigenvalue weighted by molar-refractivity contribution is -0.176. The van der Waals surface area contributed by atoms with Gasteiger partial charge in [0.15, 0.2) is 0 Å². The van der Waals surface area contributed by atoms with E-state index in [1.807, 2.05) is 0 Å². The Kier molecular flexibility index (Phi) is 9.22. The molecule has 0 aliphatic carbocycles. The highest BCUT2D eigenvalue weighted by Crippen LogP contribution is 2.45. The van der Waals surface area contributed by atoms with E-state index in [4.69, 9.17) is 9.72 Å². The zero-order valence-electron chi connectivity index (χ0n) is 20.0. The summed E-state index contributed by atoms with van der Waals surface area (Å²) in [7, 11) is 0. The molecule has 1 amide bonds. The molecular formula is C25H37F2N3O4. The average molecular weight is 482 g/mol. The van der Waals surface area contributed by atoms with Crippen LogP contribution in [0.5, 0.6) is 0 Å². The molecule has 1 fully saturated rings. The number of aliphatic carboxylic acids is 1. The molecule has 0 unspecified atom stereocenters. The number of hydrogen-bond acceptors (Lipinski definition) is 5. The molecule has 1 saturated heterocycles. The van der Waals surface area contributed by atoms with E-state index in [0.29, 0.717) is 6.42 Å². The molecule has 1 atom stereocenters. The third-order valence-corrected chi connectivity index (χ3v) is 7.10. The van der Waals surface area contributed by atoms with Crippen LogP contribution in [0.2, 0.25) is 0 Å². The number of nitrogens with zero attached hydrogens (tertiary/aromatic N) is 1. The fourth-order valence-corrected chi connectivity index (χ4v) is 4.83. The van der Waals surface area contributed by atoms with Gasteiger partial charge in [-0.3, -0.25) is 4.79 Å². The number of aromatic nitrogens is 1. The number of nitrogens with one attached hydrogen (secondary N) is 2. The van der Waals surface area contributed by atoms with Crippen molar-refractivity contribution in [2.24, 2.45) is 5.41 Å². The number of hydrogen-bond donors (Lipinski definition) is 3. The molecule has 190 valence electrons. The predicted octanol–water partition coefficient (Wildman–Crippen LogP) is 4.34. The van der Waals surface area contributed by atoms with E-state index in [0.717, 1.165) is 69.9 Å². The van der Waals surface area contributed by atoms with Gasteiger partial charge < -0.3 is 20.5 Å². The number of ether oxygens (including phenoxy) is 1. The van der Waals surface area contributed by atoms with E-state index in [-0.39, 0.29) is 32.5 Å². The highest BCUT2D eigenvalue weighted by atomic mass is 19.3. The van der Waals surface area contributed by atoms with Gasteiger partial charge in [-0.2, -0.15) is 0 Å². The molecule has 0 aromatic carbocycles. The minimum Gasteiger partial charge on any atom is -0.480 e. The van der Waals surface area contributed by atoms with Crippen LogP contribution < -0.4 is 10.6 Å². The molecular weight excluding hydrogens is 444 g/mol.